The highest BCUT2D eigenvalue weighted by atomic mass is 19.4. The Morgan fingerprint density at radius 3 is 1.83 bits per heavy atom. The third-order valence-corrected chi connectivity index (χ3v) is 11.6. The van der Waals surface area contributed by atoms with Crippen molar-refractivity contribution in [2.24, 2.45) is 5.41 Å². The second-order valence-electron chi connectivity index (χ2n) is 16.4. The molecule has 2 N–H and O–H groups in total. The third kappa shape index (κ3) is 8.97. The van der Waals surface area contributed by atoms with Crippen LogP contribution < -0.4 is 20.3 Å². The number of alkyl halides is 5. The fraction of sp³-hybridized carbons (Fsp3) is 0.400. The largest absolute Gasteiger partial charge is 0.495 e. The van der Waals surface area contributed by atoms with E-state index in [0.29, 0.717) is 62.4 Å². The minimum absolute atomic E-state index is 0.102. The van der Waals surface area contributed by atoms with Crippen LogP contribution in [0.1, 0.15) is 90.1 Å². The van der Waals surface area contributed by atoms with Gasteiger partial charge in [0.05, 0.1) is 58.2 Å². The fourth-order valence-corrected chi connectivity index (χ4v) is 8.41. The van der Waals surface area contributed by atoms with Crippen molar-refractivity contribution in [2.75, 3.05) is 48.8 Å². The van der Waals surface area contributed by atoms with E-state index >= 15 is 0 Å². The number of pyridine rings is 2. The fourth-order valence-electron chi connectivity index (χ4n) is 8.41. The van der Waals surface area contributed by atoms with Crippen LogP contribution in [-0.4, -0.2) is 74.0 Å². The van der Waals surface area contributed by atoms with Crippen LogP contribution in [-0.2, 0) is 11.0 Å². The minimum atomic E-state index is -4.40. The highest BCUT2D eigenvalue weighted by Crippen LogP contribution is 2.44. The van der Waals surface area contributed by atoms with E-state index in [1.807, 2.05) is 24.8 Å². The number of amides is 1. The zero-order chi connectivity index (χ0) is 45.7. The van der Waals surface area contributed by atoms with Crippen molar-refractivity contribution in [3.05, 3.63) is 105 Å². The zero-order valence-electron chi connectivity index (χ0n) is 36.3. The van der Waals surface area contributed by atoms with Crippen molar-refractivity contribution >= 4 is 45.3 Å². The first-order chi connectivity index (χ1) is 29.7. The van der Waals surface area contributed by atoms with Crippen LogP contribution in [0.15, 0.2) is 48.5 Å². The van der Waals surface area contributed by atoms with Crippen molar-refractivity contribution in [1.29, 1.82) is 0 Å². The zero-order valence-corrected chi connectivity index (χ0v) is 36.3. The number of methoxy groups -OCH3 is 1. The van der Waals surface area contributed by atoms with Gasteiger partial charge in [-0.1, -0.05) is 30.3 Å². The summed E-state index contributed by atoms with van der Waals surface area (Å²) >= 11 is 0. The van der Waals surface area contributed by atoms with Gasteiger partial charge in [0.2, 0.25) is 5.91 Å². The van der Waals surface area contributed by atoms with E-state index in [2.05, 4.69) is 40.5 Å². The summed E-state index contributed by atoms with van der Waals surface area (Å²) in [5.74, 6) is 1.75. The van der Waals surface area contributed by atoms with Gasteiger partial charge in [-0.25, -0.2) is 43.1 Å². The van der Waals surface area contributed by atoms with Crippen LogP contribution in [0, 0.1) is 45.9 Å². The molecule has 2 saturated heterocycles. The van der Waals surface area contributed by atoms with Crippen molar-refractivity contribution in [3.63, 3.8) is 0 Å². The predicted octanol–water partition coefficient (Wildman–Crippen LogP) is 9.71. The van der Waals surface area contributed by atoms with Gasteiger partial charge >= 0.3 is 6.18 Å². The lowest BCUT2D eigenvalue weighted by atomic mass is 9.72. The maximum absolute atomic E-state index is 14.7. The lowest BCUT2D eigenvalue weighted by Crippen LogP contribution is -2.73. The Balaban J connectivity index is 0.000000194. The van der Waals surface area contributed by atoms with E-state index < -0.39 is 41.6 Å². The molecule has 18 heteroatoms. The van der Waals surface area contributed by atoms with E-state index in [0.717, 1.165) is 49.7 Å². The highest BCUT2D eigenvalue weighted by Gasteiger charge is 2.53. The molecule has 0 aliphatic carbocycles. The Hall–Kier alpha value is -6.33. The van der Waals surface area contributed by atoms with E-state index in [1.165, 1.54) is 25.1 Å². The summed E-state index contributed by atoms with van der Waals surface area (Å²) in [7, 11) is 1.55. The monoisotopic (exact) mass is 874 g/mol. The molecule has 2 fully saturated rings. The number of hydrogen-bond acceptors (Lipinski definition) is 11. The van der Waals surface area contributed by atoms with Crippen LogP contribution in [0.5, 0.6) is 5.75 Å². The quantitative estimate of drug-likeness (QED) is 0.135. The normalized spacial score (nSPS) is 15.4. The van der Waals surface area contributed by atoms with Crippen LogP contribution >= 0.6 is 0 Å². The SMILES string of the molecule is CC(=O)N1CC2(C1)CN(c1cc3c(N[C@H](C)c4cccc(C(F)F)c4F)nc(C)nc3nc1C)C2.COc1cc2c(N[C@H](C)c3cccc(C(F)(F)F)c3C)nc(C)nc2nc1C. The van der Waals surface area contributed by atoms with Gasteiger partial charge < -0.3 is 25.2 Å². The number of nitrogens with one attached hydrogen (secondary N) is 2. The van der Waals surface area contributed by atoms with Crippen molar-refractivity contribution in [3.8, 4) is 5.75 Å². The van der Waals surface area contributed by atoms with Gasteiger partial charge in [-0.2, -0.15) is 13.2 Å². The molecule has 1 spiro atoms. The van der Waals surface area contributed by atoms with E-state index in [9.17, 15) is 31.1 Å². The molecule has 6 aromatic rings. The summed E-state index contributed by atoms with van der Waals surface area (Å²) < 4.78 is 86.2. The highest BCUT2D eigenvalue weighted by molar-refractivity contribution is 5.90. The minimum Gasteiger partial charge on any atom is -0.495 e. The lowest BCUT2D eigenvalue weighted by molar-refractivity contribution is -0.142. The molecular formula is C45H48F6N10O2. The summed E-state index contributed by atoms with van der Waals surface area (Å²) in [6.07, 6.45) is -7.29. The number of aromatic nitrogens is 6. The number of rotatable bonds is 9. The van der Waals surface area contributed by atoms with Crippen molar-refractivity contribution < 1.29 is 35.9 Å². The van der Waals surface area contributed by atoms with Gasteiger partial charge in [-0.05, 0) is 77.8 Å². The molecule has 2 aliphatic heterocycles. The molecule has 6 heterocycles. The topological polar surface area (TPSA) is 134 Å². The van der Waals surface area contributed by atoms with Crippen LogP contribution in [0.2, 0.25) is 0 Å². The summed E-state index contributed by atoms with van der Waals surface area (Å²) in [5, 5.41) is 7.72. The molecule has 0 unspecified atom stereocenters. The molecule has 8 rings (SSSR count). The molecule has 332 valence electrons. The number of aryl methyl sites for hydroxylation is 4. The number of halogens is 6. The Morgan fingerprint density at radius 2 is 1.27 bits per heavy atom. The van der Waals surface area contributed by atoms with Crippen LogP contribution in [0.25, 0.3) is 22.1 Å². The molecule has 1 amide bonds. The standard InChI is InChI=1S/C25H27F3N6O.C20H21F3N4O/c1-13(17-6-5-7-18(21(17)26)22(27)28)29-23-19-8-20(14(2)30-24(19)32-15(3)31-23)34-11-25(12-34)9-33(10-25)16(4)35;1-10-14(7-6-8-16(10)20(21,22)23)11(2)24-18-15-9-17(28-5)12(3)25-19(15)27-13(4)26-18/h5-8,13,22H,9-12H2,1-4H3,(H,29,30,31,32);6-9,11H,1-5H3,(H,24,25,26,27)/t13-;11-/m11/s1. The maximum atomic E-state index is 14.7. The van der Waals surface area contributed by atoms with Crippen molar-refractivity contribution in [1.82, 2.24) is 34.8 Å². The van der Waals surface area contributed by atoms with Gasteiger partial charge in [-0.3, -0.25) is 4.79 Å². The molecule has 63 heavy (non-hydrogen) atoms. The molecule has 0 saturated carbocycles. The number of ether oxygens (including phenoxy) is 1. The molecule has 2 aromatic carbocycles. The van der Waals surface area contributed by atoms with Crippen LogP contribution in [0.3, 0.4) is 0 Å². The molecule has 0 bridgehead atoms. The first-order valence-electron chi connectivity index (χ1n) is 20.3. The number of fused-ring (bicyclic) bond motifs is 2. The van der Waals surface area contributed by atoms with Gasteiger partial charge in [-0.15, -0.1) is 0 Å². The van der Waals surface area contributed by atoms with Gasteiger partial charge in [0, 0.05) is 44.1 Å². The Bertz CT molecular complexity index is 2720. The third-order valence-electron chi connectivity index (χ3n) is 11.6. The van der Waals surface area contributed by atoms with E-state index in [-0.39, 0.29) is 22.4 Å². The van der Waals surface area contributed by atoms with E-state index in [1.54, 1.807) is 53.9 Å². The Labute approximate surface area is 360 Å². The van der Waals surface area contributed by atoms with Gasteiger partial charge in [0.1, 0.15) is 34.9 Å². The first-order valence-corrected chi connectivity index (χ1v) is 20.3. The first kappa shape index (κ1) is 44.7. The number of nitrogens with zero attached hydrogens (tertiary/aromatic N) is 8. The maximum Gasteiger partial charge on any atom is 0.416 e. The molecule has 2 atom stereocenters. The summed E-state index contributed by atoms with van der Waals surface area (Å²) in [6.45, 7) is 17.0. The van der Waals surface area contributed by atoms with E-state index in [4.69, 9.17) is 9.72 Å². The molecular weight excluding hydrogens is 827 g/mol. The summed E-state index contributed by atoms with van der Waals surface area (Å²) in [5.41, 5.74) is 3.26. The number of benzene rings is 2. The number of hydrogen-bond donors (Lipinski definition) is 2. The lowest BCUT2D eigenvalue weighted by Gasteiger charge is -2.60. The predicted molar refractivity (Wildman–Crippen MR) is 229 cm³/mol. The smallest absolute Gasteiger partial charge is 0.416 e. The molecule has 12 nitrogen and oxygen atoms in total. The number of carbonyl (C=O) groups is 1. The number of likely N-dealkylation sites (tertiary alicyclic amines) is 1. The van der Waals surface area contributed by atoms with Crippen molar-refractivity contribution in [2.45, 2.75) is 80.1 Å². The second-order valence-corrected chi connectivity index (χ2v) is 16.4. The second kappa shape index (κ2) is 17.1. The number of anilines is 3. The average Bonchev–Trinajstić information content (AvgIpc) is 3.16. The Kier molecular flexibility index (Phi) is 12.1. The van der Waals surface area contributed by atoms with Gasteiger partial charge in [0.15, 0.2) is 11.3 Å². The molecule has 0 radical (unpaired) electrons. The summed E-state index contributed by atoms with van der Waals surface area (Å²) in [6, 6.07) is 10.9. The van der Waals surface area contributed by atoms with Crippen LogP contribution in [0.4, 0.5) is 43.7 Å². The molecule has 4 aromatic heterocycles. The Morgan fingerprint density at radius 1 is 0.746 bits per heavy atom. The van der Waals surface area contributed by atoms with Gasteiger partial charge in [0.25, 0.3) is 6.43 Å². The number of carbonyl (C=O) groups excluding carboxylic acids is 1. The summed E-state index contributed by atoms with van der Waals surface area (Å²) in [4.78, 5) is 42.6. The average molecular weight is 875 g/mol. The molecule has 2 aliphatic rings.